The highest BCUT2D eigenvalue weighted by Crippen LogP contribution is 2.03. The van der Waals surface area contributed by atoms with E-state index < -0.39 is 0 Å². The van der Waals surface area contributed by atoms with Crippen LogP contribution in [0.25, 0.3) is 0 Å². The van der Waals surface area contributed by atoms with E-state index in [-0.39, 0.29) is 36.8 Å². The van der Waals surface area contributed by atoms with E-state index in [0.29, 0.717) is 0 Å². The number of ether oxygens (including phenoxy) is 2. The van der Waals surface area contributed by atoms with E-state index >= 15 is 0 Å². The van der Waals surface area contributed by atoms with Crippen LogP contribution in [0.15, 0.2) is 0 Å². The molecule has 0 unspecified atom stereocenters. The first-order chi connectivity index (χ1) is 6.45. The SMILES string of the molecule is CO[C@H](C)CC(=O)O[C@H](C)CC(C)=O. The number of hydrogen-bond donors (Lipinski definition) is 0. The molecule has 82 valence electrons. The molecule has 2 atom stereocenters. The van der Waals surface area contributed by atoms with Crippen LogP contribution in [0.1, 0.15) is 33.6 Å². The zero-order valence-corrected chi connectivity index (χ0v) is 9.20. The molecule has 0 aliphatic heterocycles. The highest BCUT2D eigenvalue weighted by Gasteiger charge is 2.14. The monoisotopic (exact) mass is 202 g/mol. The van der Waals surface area contributed by atoms with Crippen molar-refractivity contribution in [1.29, 1.82) is 0 Å². The molecule has 0 fully saturated rings. The van der Waals surface area contributed by atoms with Gasteiger partial charge in [0.2, 0.25) is 0 Å². The zero-order chi connectivity index (χ0) is 11.1. The van der Waals surface area contributed by atoms with Crippen LogP contribution in [-0.2, 0) is 19.1 Å². The van der Waals surface area contributed by atoms with E-state index in [0.717, 1.165) is 0 Å². The van der Waals surface area contributed by atoms with E-state index in [4.69, 9.17) is 9.47 Å². The third-order valence-electron chi connectivity index (χ3n) is 1.76. The smallest absolute Gasteiger partial charge is 0.308 e. The Morgan fingerprint density at radius 3 is 2.14 bits per heavy atom. The normalized spacial score (nSPS) is 14.6. The number of methoxy groups -OCH3 is 1. The highest BCUT2D eigenvalue weighted by atomic mass is 16.5. The van der Waals surface area contributed by atoms with Gasteiger partial charge in [-0.25, -0.2) is 0 Å². The quantitative estimate of drug-likeness (QED) is 0.609. The van der Waals surface area contributed by atoms with Crippen molar-refractivity contribution in [2.45, 2.75) is 45.8 Å². The number of ketones is 1. The molecule has 0 heterocycles. The summed E-state index contributed by atoms with van der Waals surface area (Å²) >= 11 is 0. The molecule has 4 nitrogen and oxygen atoms in total. The molecule has 4 heteroatoms. The summed E-state index contributed by atoms with van der Waals surface area (Å²) in [4.78, 5) is 21.9. The van der Waals surface area contributed by atoms with Gasteiger partial charge in [-0.05, 0) is 20.8 Å². The van der Waals surface area contributed by atoms with Crippen molar-refractivity contribution in [2.24, 2.45) is 0 Å². The molecular formula is C10H18O4. The minimum atomic E-state index is -0.343. The van der Waals surface area contributed by atoms with Crippen LogP contribution < -0.4 is 0 Å². The molecule has 0 amide bonds. The maximum Gasteiger partial charge on any atom is 0.308 e. The van der Waals surface area contributed by atoms with Crippen LogP contribution in [0.2, 0.25) is 0 Å². The molecule has 0 aliphatic carbocycles. The molecule has 0 aromatic carbocycles. The van der Waals surface area contributed by atoms with E-state index in [1.54, 1.807) is 13.8 Å². The molecule has 0 rings (SSSR count). The second-order valence-corrected chi connectivity index (χ2v) is 3.46. The van der Waals surface area contributed by atoms with Crippen molar-refractivity contribution in [3.8, 4) is 0 Å². The Hall–Kier alpha value is -0.900. The van der Waals surface area contributed by atoms with Crippen LogP contribution in [-0.4, -0.2) is 31.1 Å². The van der Waals surface area contributed by atoms with Crippen molar-refractivity contribution >= 4 is 11.8 Å². The average Bonchev–Trinajstić information content (AvgIpc) is 2.01. The fourth-order valence-corrected chi connectivity index (χ4v) is 1.04. The van der Waals surface area contributed by atoms with Gasteiger partial charge in [0.1, 0.15) is 11.9 Å². The number of Topliss-reactive ketones (excluding diaryl/α,β-unsaturated/α-hetero) is 1. The van der Waals surface area contributed by atoms with Gasteiger partial charge in [-0.1, -0.05) is 0 Å². The van der Waals surface area contributed by atoms with Crippen LogP contribution >= 0.6 is 0 Å². The summed E-state index contributed by atoms with van der Waals surface area (Å²) in [6, 6.07) is 0. The molecule has 14 heavy (non-hydrogen) atoms. The minimum absolute atomic E-state index is 0.0186. The van der Waals surface area contributed by atoms with Gasteiger partial charge in [-0.2, -0.15) is 0 Å². The standard InChI is InChI=1S/C10H18O4/c1-7(11)5-9(3)14-10(12)6-8(2)13-4/h8-9H,5-6H2,1-4H3/t8-,9-/m1/s1. The van der Waals surface area contributed by atoms with E-state index in [1.165, 1.54) is 14.0 Å². The van der Waals surface area contributed by atoms with Gasteiger partial charge in [-0.15, -0.1) is 0 Å². The number of carbonyl (C=O) groups is 2. The Morgan fingerprint density at radius 2 is 1.71 bits per heavy atom. The first-order valence-corrected chi connectivity index (χ1v) is 4.67. The van der Waals surface area contributed by atoms with Gasteiger partial charge in [0, 0.05) is 13.5 Å². The van der Waals surface area contributed by atoms with Crippen molar-refractivity contribution in [3.63, 3.8) is 0 Å². The summed E-state index contributed by atoms with van der Waals surface area (Å²) < 4.78 is 9.91. The Kier molecular flexibility index (Phi) is 6.12. The predicted molar refractivity (Wildman–Crippen MR) is 51.9 cm³/mol. The summed E-state index contributed by atoms with van der Waals surface area (Å²) in [5, 5.41) is 0. The third kappa shape index (κ3) is 6.60. The first kappa shape index (κ1) is 13.1. The molecule has 0 saturated carbocycles. The molecular weight excluding hydrogens is 184 g/mol. The second kappa shape index (κ2) is 6.54. The summed E-state index contributed by atoms with van der Waals surface area (Å²) in [5.41, 5.74) is 0. The maximum atomic E-state index is 11.2. The molecule has 0 radical (unpaired) electrons. The maximum absolute atomic E-state index is 11.2. The van der Waals surface area contributed by atoms with Gasteiger partial charge in [0.15, 0.2) is 0 Å². The van der Waals surface area contributed by atoms with Crippen LogP contribution in [0.3, 0.4) is 0 Å². The predicted octanol–water partition coefficient (Wildman–Crippen LogP) is 1.32. The Labute approximate surface area is 84.6 Å². The van der Waals surface area contributed by atoms with E-state index in [9.17, 15) is 9.59 Å². The molecule has 0 aromatic heterocycles. The average molecular weight is 202 g/mol. The molecule has 0 aromatic rings. The molecule has 0 bridgehead atoms. The van der Waals surface area contributed by atoms with E-state index in [2.05, 4.69) is 0 Å². The lowest BCUT2D eigenvalue weighted by Crippen LogP contribution is -2.21. The highest BCUT2D eigenvalue weighted by molar-refractivity contribution is 5.76. The van der Waals surface area contributed by atoms with Gasteiger partial charge in [0.05, 0.1) is 12.5 Å². The number of esters is 1. The van der Waals surface area contributed by atoms with Crippen molar-refractivity contribution in [1.82, 2.24) is 0 Å². The minimum Gasteiger partial charge on any atom is -0.462 e. The summed E-state index contributed by atoms with van der Waals surface area (Å²) in [6.45, 7) is 4.97. The molecule has 0 spiro atoms. The van der Waals surface area contributed by atoms with Gasteiger partial charge in [-0.3, -0.25) is 9.59 Å². The molecule has 0 saturated heterocycles. The van der Waals surface area contributed by atoms with Crippen LogP contribution in [0.5, 0.6) is 0 Å². The van der Waals surface area contributed by atoms with Crippen molar-refractivity contribution in [3.05, 3.63) is 0 Å². The van der Waals surface area contributed by atoms with Gasteiger partial charge < -0.3 is 9.47 Å². The number of rotatable bonds is 6. The molecule has 0 aliphatic rings. The second-order valence-electron chi connectivity index (χ2n) is 3.46. The number of hydrogen-bond acceptors (Lipinski definition) is 4. The lowest BCUT2D eigenvalue weighted by atomic mass is 10.2. The Morgan fingerprint density at radius 1 is 1.14 bits per heavy atom. The third-order valence-corrected chi connectivity index (χ3v) is 1.76. The number of carbonyl (C=O) groups excluding carboxylic acids is 2. The molecule has 0 N–H and O–H groups in total. The summed E-state index contributed by atoms with van der Waals surface area (Å²) in [7, 11) is 1.54. The topological polar surface area (TPSA) is 52.6 Å². The lowest BCUT2D eigenvalue weighted by Gasteiger charge is -2.13. The van der Waals surface area contributed by atoms with E-state index in [1.807, 2.05) is 0 Å². The van der Waals surface area contributed by atoms with Gasteiger partial charge >= 0.3 is 5.97 Å². The first-order valence-electron chi connectivity index (χ1n) is 4.67. The van der Waals surface area contributed by atoms with Crippen LogP contribution in [0, 0.1) is 0 Å². The lowest BCUT2D eigenvalue weighted by molar-refractivity contribution is -0.151. The van der Waals surface area contributed by atoms with Crippen molar-refractivity contribution in [2.75, 3.05) is 7.11 Å². The zero-order valence-electron chi connectivity index (χ0n) is 9.20. The fourth-order valence-electron chi connectivity index (χ4n) is 1.04. The largest absolute Gasteiger partial charge is 0.462 e. The van der Waals surface area contributed by atoms with Gasteiger partial charge in [0.25, 0.3) is 0 Å². The van der Waals surface area contributed by atoms with Crippen molar-refractivity contribution < 1.29 is 19.1 Å². The Balaban J connectivity index is 3.76. The summed E-state index contributed by atoms with van der Waals surface area (Å²) in [6.07, 6.45) is 0.00218. The fraction of sp³-hybridized carbons (Fsp3) is 0.800. The summed E-state index contributed by atoms with van der Waals surface area (Å²) in [5.74, 6) is -0.307. The Bertz CT molecular complexity index is 200. The van der Waals surface area contributed by atoms with Crippen LogP contribution in [0.4, 0.5) is 0 Å².